The summed E-state index contributed by atoms with van der Waals surface area (Å²) in [7, 11) is 1.63. The standard InChI is InChI=1S/C16H20N2O/c1-12(13-6-4-3-5-7-13)11-18-14-8-9-15(17)16(10-14)19-2/h3-10,12,18H,11,17H2,1-2H3. The van der Waals surface area contributed by atoms with Crippen molar-refractivity contribution in [1.82, 2.24) is 0 Å². The Bertz CT molecular complexity index is 526. The molecule has 0 aliphatic carbocycles. The van der Waals surface area contributed by atoms with E-state index in [0.29, 0.717) is 17.4 Å². The summed E-state index contributed by atoms with van der Waals surface area (Å²) in [6.45, 7) is 3.08. The van der Waals surface area contributed by atoms with Gasteiger partial charge in [0.05, 0.1) is 12.8 Å². The van der Waals surface area contributed by atoms with Crippen LogP contribution in [0.15, 0.2) is 48.5 Å². The number of hydrogen-bond donors (Lipinski definition) is 2. The summed E-state index contributed by atoms with van der Waals surface area (Å²) in [5, 5.41) is 3.41. The van der Waals surface area contributed by atoms with Gasteiger partial charge in [-0.25, -0.2) is 0 Å². The Hall–Kier alpha value is -2.16. The van der Waals surface area contributed by atoms with Gasteiger partial charge >= 0.3 is 0 Å². The van der Waals surface area contributed by atoms with Crippen molar-refractivity contribution in [3.05, 3.63) is 54.1 Å². The number of nitrogens with two attached hydrogens (primary N) is 1. The Morgan fingerprint density at radius 2 is 1.89 bits per heavy atom. The van der Waals surface area contributed by atoms with Crippen LogP contribution in [0.1, 0.15) is 18.4 Å². The molecule has 0 bridgehead atoms. The first-order chi connectivity index (χ1) is 9.20. The quantitative estimate of drug-likeness (QED) is 0.805. The van der Waals surface area contributed by atoms with E-state index in [2.05, 4.69) is 36.5 Å². The molecule has 0 aromatic heterocycles. The van der Waals surface area contributed by atoms with E-state index in [9.17, 15) is 0 Å². The molecule has 0 aliphatic heterocycles. The fourth-order valence-corrected chi connectivity index (χ4v) is 1.99. The third-order valence-corrected chi connectivity index (χ3v) is 3.21. The van der Waals surface area contributed by atoms with Gasteiger partial charge in [-0.2, -0.15) is 0 Å². The van der Waals surface area contributed by atoms with Crippen molar-refractivity contribution >= 4 is 11.4 Å². The van der Waals surface area contributed by atoms with E-state index in [1.807, 2.05) is 24.3 Å². The third-order valence-electron chi connectivity index (χ3n) is 3.21. The van der Waals surface area contributed by atoms with Gasteiger partial charge < -0.3 is 15.8 Å². The molecule has 1 unspecified atom stereocenters. The summed E-state index contributed by atoms with van der Waals surface area (Å²) in [6, 6.07) is 16.2. The van der Waals surface area contributed by atoms with Gasteiger partial charge in [0.1, 0.15) is 5.75 Å². The molecule has 0 amide bonds. The molecule has 0 saturated heterocycles. The van der Waals surface area contributed by atoms with E-state index in [-0.39, 0.29) is 0 Å². The second kappa shape index (κ2) is 6.14. The number of hydrogen-bond acceptors (Lipinski definition) is 3. The number of nitrogen functional groups attached to an aromatic ring is 1. The molecule has 3 heteroatoms. The van der Waals surface area contributed by atoms with Crippen LogP contribution >= 0.6 is 0 Å². The Morgan fingerprint density at radius 3 is 2.58 bits per heavy atom. The van der Waals surface area contributed by atoms with Crippen molar-refractivity contribution in [1.29, 1.82) is 0 Å². The van der Waals surface area contributed by atoms with Crippen LogP contribution in [0.3, 0.4) is 0 Å². The average Bonchev–Trinajstić information content (AvgIpc) is 2.47. The minimum atomic E-state index is 0.449. The maximum atomic E-state index is 5.79. The maximum absolute atomic E-state index is 5.79. The number of ether oxygens (including phenoxy) is 1. The fraction of sp³-hybridized carbons (Fsp3) is 0.250. The zero-order chi connectivity index (χ0) is 13.7. The molecule has 2 rings (SSSR count). The van der Waals surface area contributed by atoms with Crippen LogP contribution in [-0.2, 0) is 0 Å². The summed E-state index contributed by atoms with van der Waals surface area (Å²) >= 11 is 0. The maximum Gasteiger partial charge on any atom is 0.143 e. The number of methoxy groups -OCH3 is 1. The molecule has 2 aromatic rings. The van der Waals surface area contributed by atoms with Crippen molar-refractivity contribution < 1.29 is 4.74 Å². The summed E-state index contributed by atoms with van der Waals surface area (Å²) in [5.74, 6) is 1.15. The summed E-state index contributed by atoms with van der Waals surface area (Å²) < 4.78 is 5.21. The zero-order valence-corrected chi connectivity index (χ0v) is 11.4. The van der Waals surface area contributed by atoms with Crippen LogP contribution in [0, 0.1) is 0 Å². The van der Waals surface area contributed by atoms with Crippen LogP contribution in [0.4, 0.5) is 11.4 Å². The van der Waals surface area contributed by atoms with Gasteiger partial charge in [0, 0.05) is 18.3 Å². The van der Waals surface area contributed by atoms with E-state index in [4.69, 9.17) is 10.5 Å². The number of anilines is 2. The Labute approximate surface area is 114 Å². The van der Waals surface area contributed by atoms with Crippen molar-refractivity contribution in [2.75, 3.05) is 24.7 Å². The predicted octanol–water partition coefficient (Wildman–Crippen LogP) is 3.49. The van der Waals surface area contributed by atoms with E-state index < -0.39 is 0 Å². The second-order valence-electron chi connectivity index (χ2n) is 4.65. The van der Waals surface area contributed by atoms with Crippen LogP contribution in [0.5, 0.6) is 5.75 Å². The lowest BCUT2D eigenvalue weighted by Gasteiger charge is -2.15. The first-order valence-corrected chi connectivity index (χ1v) is 6.43. The lowest BCUT2D eigenvalue weighted by Crippen LogP contribution is -2.10. The molecular formula is C16H20N2O. The molecule has 0 heterocycles. The summed E-state index contributed by atoms with van der Waals surface area (Å²) in [6.07, 6.45) is 0. The number of rotatable bonds is 5. The second-order valence-corrected chi connectivity index (χ2v) is 4.65. The molecule has 0 fully saturated rings. The van der Waals surface area contributed by atoms with Crippen LogP contribution < -0.4 is 15.8 Å². The molecule has 0 radical (unpaired) electrons. The topological polar surface area (TPSA) is 47.3 Å². The highest BCUT2D eigenvalue weighted by Crippen LogP contribution is 2.25. The van der Waals surface area contributed by atoms with Gasteiger partial charge in [-0.15, -0.1) is 0 Å². The Kier molecular flexibility index (Phi) is 4.29. The minimum absolute atomic E-state index is 0.449. The molecule has 100 valence electrons. The average molecular weight is 256 g/mol. The van der Waals surface area contributed by atoms with Gasteiger partial charge in [-0.1, -0.05) is 37.3 Å². The van der Waals surface area contributed by atoms with Crippen molar-refractivity contribution in [2.45, 2.75) is 12.8 Å². The van der Waals surface area contributed by atoms with E-state index >= 15 is 0 Å². The van der Waals surface area contributed by atoms with Crippen molar-refractivity contribution in [3.63, 3.8) is 0 Å². The molecule has 2 aromatic carbocycles. The molecular weight excluding hydrogens is 236 g/mol. The monoisotopic (exact) mass is 256 g/mol. The lowest BCUT2D eigenvalue weighted by atomic mass is 10.0. The molecule has 0 spiro atoms. The SMILES string of the molecule is COc1cc(NCC(C)c2ccccc2)ccc1N. The van der Waals surface area contributed by atoms with Gasteiger partial charge in [0.2, 0.25) is 0 Å². The van der Waals surface area contributed by atoms with Gasteiger partial charge in [-0.3, -0.25) is 0 Å². The Balaban J connectivity index is 1.99. The first kappa shape index (κ1) is 13.3. The van der Waals surface area contributed by atoms with E-state index in [1.54, 1.807) is 7.11 Å². The first-order valence-electron chi connectivity index (χ1n) is 6.43. The molecule has 0 saturated carbocycles. The highest BCUT2D eigenvalue weighted by atomic mass is 16.5. The van der Waals surface area contributed by atoms with Crippen LogP contribution in [0.2, 0.25) is 0 Å². The number of nitrogens with one attached hydrogen (secondary N) is 1. The highest BCUT2D eigenvalue weighted by Gasteiger charge is 2.05. The third kappa shape index (κ3) is 3.41. The van der Waals surface area contributed by atoms with E-state index in [1.165, 1.54) is 5.56 Å². The predicted molar refractivity (Wildman–Crippen MR) is 80.8 cm³/mol. The Morgan fingerprint density at radius 1 is 1.16 bits per heavy atom. The highest BCUT2D eigenvalue weighted by molar-refractivity contribution is 5.61. The molecule has 3 N–H and O–H groups in total. The van der Waals surface area contributed by atoms with E-state index in [0.717, 1.165) is 12.2 Å². The van der Waals surface area contributed by atoms with Gasteiger partial charge in [0.25, 0.3) is 0 Å². The van der Waals surface area contributed by atoms with Crippen LogP contribution in [0.25, 0.3) is 0 Å². The van der Waals surface area contributed by atoms with Gasteiger partial charge in [-0.05, 0) is 23.6 Å². The largest absolute Gasteiger partial charge is 0.495 e. The minimum Gasteiger partial charge on any atom is -0.495 e. The number of benzene rings is 2. The normalized spacial score (nSPS) is 11.9. The fourth-order valence-electron chi connectivity index (χ4n) is 1.99. The molecule has 1 atom stereocenters. The molecule has 19 heavy (non-hydrogen) atoms. The molecule has 3 nitrogen and oxygen atoms in total. The van der Waals surface area contributed by atoms with Crippen molar-refractivity contribution in [2.24, 2.45) is 0 Å². The lowest BCUT2D eigenvalue weighted by molar-refractivity contribution is 0.417. The van der Waals surface area contributed by atoms with Crippen LogP contribution in [-0.4, -0.2) is 13.7 Å². The zero-order valence-electron chi connectivity index (χ0n) is 11.4. The van der Waals surface area contributed by atoms with Crippen molar-refractivity contribution in [3.8, 4) is 5.75 Å². The molecule has 0 aliphatic rings. The summed E-state index contributed by atoms with van der Waals surface area (Å²) in [5.41, 5.74) is 8.80. The smallest absolute Gasteiger partial charge is 0.143 e. The van der Waals surface area contributed by atoms with Gasteiger partial charge in [0.15, 0.2) is 0 Å². The summed E-state index contributed by atoms with van der Waals surface area (Å²) in [4.78, 5) is 0.